The van der Waals surface area contributed by atoms with Gasteiger partial charge < -0.3 is 24.8 Å². The average molecular weight is 303 g/mol. The van der Waals surface area contributed by atoms with Gasteiger partial charge in [0.25, 0.3) is 5.56 Å². The number of hydrogen-bond donors (Lipinski definition) is 4. The fraction of sp³-hybridized carbons (Fsp3) is 0.444. The zero-order chi connectivity index (χ0) is 14.9. The number of imidazole rings is 1. The van der Waals surface area contributed by atoms with Gasteiger partial charge in [-0.25, -0.2) is 4.98 Å². The Labute approximate surface area is 112 Å². The number of nitrogens with zero attached hydrogens (tertiary/aromatic N) is 3. The second kappa shape index (κ2) is 5.33. The first kappa shape index (κ1) is 14.7. The van der Waals surface area contributed by atoms with Crippen molar-refractivity contribution in [2.45, 2.75) is 13.0 Å². The molecule has 0 spiro atoms. The molecule has 110 valence electrons. The number of aromatic amines is 1. The molecule has 0 aromatic carbocycles. The lowest BCUT2D eigenvalue weighted by Gasteiger charge is -2.14. The van der Waals surface area contributed by atoms with Gasteiger partial charge in [0.05, 0.1) is 19.0 Å². The van der Waals surface area contributed by atoms with Crippen molar-refractivity contribution in [1.29, 1.82) is 0 Å². The van der Waals surface area contributed by atoms with Gasteiger partial charge in [-0.2, -0.15) is 4.98 Å². The van der Waals surface area contributed by atoms with E-state index in [1.54, 1.807) is 11.5 Å². The number of nitrogens with one attached hydrogen (secondary N) is 1. The van der Waals surface area contributed by atoms with Crippen LogP contribution in [0.4, 0.5) is 5.95 Å². The Bertz CT molecular complexity index is 719. The molecule has 0 aliphatic rings. The van der Waals surface area contributed by atoms with E-state index >= 15 is 0 Å². The summed E-state index contributed by atoms with van der Waals surface area (Å²) in [6.07, 6.45) is 0.734. The quantitative estimate of drug-likeness (QED) is 0.534. The van der Waals surface area contributed by atoms with E-state index in [1.165, 1.54) is 6.33 Å². The topological polar surface area (TPSA) is 156 Å². The Morgan fingerprint density at radius 3 is 2.95 bits per heavy atom. The van der Waals surface area contributed by atoms with Gasteiger partial charge in [0, 0.05) is 0 Å². The zero-order valence-corrected chi connectivity index (χ0v) is 11.4. The van der Waals surface area contributed by atoms with E-state index in [-0.39, 0.29) is 24.1 Å². The van der Waals surface area contributed by atoms with Crippen LogP contribution in [0.1, 0.15) is 13.0 Å². The maximum absolute atomic E-state index is 11.6. The van der Waals surface area contributed by atoms with Gasteiger partial charge in [-0.1, -0.05) is 0 Å². The minimum absolute atomic E-state index is 0.0327. The van der Waals surface area contributed by atoms with Crippen LogP contribution in [0.5, 0.6) is 0 Å². The van der Waals surface area contributed by atoms with Crippen LogP contribution < -0.4 is 11.3 Å². The molecule has 0 saturated heterocycles. The third kappa shape index (κ3) is 3.23. The van der Waals surface area contributed by atoms with E-state index in [1.807, 2.05) is 0 Å². The number of H-pyrrole nitrogens is 1. The molecule has 10 nitrogen and oxygen atoms in total. The van der Waals surface area contributed by atoms with E-state index in [9.17, 15) is 9.36 Å². The predicted molar refractivity (Wildman–Crippen MR) is 70.1 cm³/mol. The summed E-state index contributed by atoms with van der Waals surface area (Å²) in [5, 5.41) is 0. The molecular weight excluding hydrogens is 289 g/mol. The van der Waals surface area contributed by atoms with Gasteiger partial charge in [0.1, 0.15) is 6.35 Å². The number of anilines is 1. The zero-order valence-electron chi connectivity index (χ0n) is 10.6. The Morgan fingerprint density at radius 1 is 1.60 bits per heavy atom. The minimum atomic E-state index is -4.20. The highest BCUT2D eigenvalue weighted by Crippen LogP contribution is 2.34. The van der Waals surface area contributed by atoms with Gasteiger partial charge in [-0.15, -0.1) is 0 Å². The van der Waals surface area contributed by atoms with Crippen molar-refractivity contribution in [2.75, 3.05) is 18.7 Å². The lowest BCUT2D eigenvalue weighted by Crippen LogP contribution is -2.15. The van der Waals surface area contributed by atoms with Crippen LogP contribution in [-0.4, -0.2) is 42.3 Å². The molecule has 0 amide bonds. The average Bonchev–Trinajstić information content (AvgIpc) is 2.70. The first-order valence-corrected chi connectivity index (χ1v) is 7.42. The molecule has 0 radical (unpaired) electrons. The van der Waals surface area contributed by atoms with Gasteiger partial charge in [0.15, 0.2) is 11.2 Å². The summed E-state index contributed by atoms with van der Waals surface area (Å²) in [5.74, 6) is -0.0346. The van der Waals surface area contributed by atoms with Crippen molar-refractivity contribution in [3.63, 3.8) is 0 Å². The second-order valence-electron chi connectivity index (χ2n) is 4.29. The summed E-state index contributed by atoms with van der Waals surface area (Å²) < 4.78 is 17.2. The molecule has 11 heteroatoms. The number of aromatic nitrogens is 4. The fourth-order valence-electron chi connectivity index (χ4n) is 1.69. The molecule has 1 atom stereocenters. The van der Waals surface area contributed by atoms with Gasteiger partial charge in [-0.05, 0) is 6.92 Å². The maximum Gasteiger partial charge on any atom is 0.350 e. The van der Waals surface area contributed by atoms with Crippen LogP contribution in [0.15, 0.2) is 11.1 Å². The van der Waals surface area contributed by atoms with Crippen molar-refractivity contribution in [1.82, 2.24) is 19.5 Å². The summed E-state index contributed by atoms with van der Waals surface area (Å²) in [5.41, 5.74) is 5.45. The SMILES string of the molecule is CC(COCP(=O)(O)O)n1cnc2c(=O)[nH]c(N)nc21. The molecule has 2 aromatic rings. The Morgan fingerprint density at radius 2 is 2.30 bits per heavy atom. The smallest absolute Gasteiger partial charge is 0.350 e. The van der Waals surface area contributed by atoms with Crippen molar-refractivity contribution in [3.8, 4) is 0 Å². The largest absolute Gasteiger partial charge is 0.369 e. The van der Waals surface area contributed by atoms with Crippen molar-refractivity contribution >= 4 is 24.7 Å². The van der Waals surface area contributed by atoms with E-state index in [0.29, 0.717) is 5.65 Å². The molecule has 0 bridgehead atoms. The van der Waals surface area contributed by atoms with E-state index in [0.717, 1.165) is 0 Å². The van der Waals surface area contributed by atoms with E-state index in [2.05, 4.69) is 15.0 Å². The molecule has 0 saturated carbocycles. The molecule has 2 heterocycles. The van der Waals surface area contributed by atoms with Crippen LogP contribution in [0, 0.1) is 0 Å². The third-order valence-electron chi connectivity index (χ3n) is 2.54. The normalized spacial score (nSPS) is 13.8. The summed E-state index contributed by atoms with van der Waals surface area (Å²) in [6, 6.07) is -0.319. The van der Waals surface area contributed by atoms with Crippen LogP contribution in [0.25, 0.3) is 11.2 Å². The molecule has 20 heavy (non-hydrogen) atoms. The highest BCUT2D eigenvalue weighted by molar-refractivity contribution is 7.51. The molecule has 2 aromatic heterocycles. The Kier molecular flexibility index (Phi) is 3.91. The number of rotatable bonds is 5. The first-order chi connectivity index (χ1) is 9.28. The number of nitrogens with two attached hydrogens (primary N) is 1. The molecule has 0 aliphatic carbocycles. The molecule has 1 unspecified atom stereocenters. The van der Waals surface area contributed by atoms with Crippen LogP contribution in [-0.2, 0) is 9.30 Å². The summed E-state index contributed by atoms with van der Waals surface area (Å²) in [7, 11) is -4.20. The second-order valence-corrected chi connectivity index (χ2v) is 5.88. The van der Waals surface area contributed by atoms with E-state index < -0.39 is 19.5 Å². The highest BCUT2D eigenvalue weighted by atomic mass is 31.2. The summed E-state index contributed by atoms with van der Waals surface area (Å²) >= 11 is 0. The maximum atomic E-state index is 11.6. The number of ether oxygens (including phenoxy) is 1. The minimum Gasteiger partial charge on any atom is -0.369 e. The van der Waals surface area contributed by atoms with Gasteiger partial charge in [0.2, 0.25) is 5.95 Å². The monoisotopic (exact) mass is 303 g/mol. The highest BCUT2D eigenvalue weighted by Gasteiger charge is 2.17. The van der Waals surface area contributed by atoms with Gasteiger partial charge in [-0.3, -0.25) is 14.3 Å². The number of fused-ring (bicyclic) bond motifs is 1. The van der Waals surface area contributed by atoms with Crippen LogP contribution in [0.2, 0.25) is 0 Å². The Hall–Kier alpha value is -1.74. The number of hydrogen-bond acceptors (Lipinski definition) is 6. The summed E-state index contributed by atoms with van der Waals surface area (Å²) in [4.78, 5) is 39.2. The van der Waals surface area contributed by atoms with Crippen LogP contribution >= 0.6 is 7.60 Å². The standard InChI is InChI=1S/C9H14N5O5P/c1-5(2-19-4-20(16,17)18)14-3-11-6-7(14)12-9(10)13-8(6)15/h3,5H,2,4H2,1H3,(H2,16,17,18)(H3,10,12,13,15). The van der Waals surface area contributed by atoms with Crippen LogP contribution in [0.3, 0.4) is 0 Å². The Balaban J connectivity index is 2.20. The number of nitrogen functional groups attached to an aromatic ring is 1. The first-order valence-electron chi connectivity index (χ1n) is 5.62. The molecule has 0 fully saturated rings. The molecule has 5 N–H and O–H groups in total. The lowest BCUT2D eigenvalue weighted by molar-refractivity contribution is 0.130. The third-order valence-corrected chi connectivity index (χ3v) is 3.06. The molecular formula is C9H14N5O5P. The molecule has 2 rings (SSSR count). The molecule has 0 aliphatic heterocycles. The van der Waals surface area contributed by atoms with Crippen molar-refractivity contribution in [3.05, 3.63) is 16.7 Å². The fourth-order valence-corrected chi connectivity index (χ4v) is 2.03. The van der Waals surface area contributed by atoms with Crippen molar-refractivity contribution < 1.29 is 19.1 Å². The van der Waals surface area contributed by atoms with Crippen molar-refractivity contribution in [2.24, 2.45) is 0 Å². The lowest BCUT2D eigenvalue weighted by atomic mass is 10.3. The summed E-state index contributed by atoms with van der Waals surface area (Å²) in [6.45, 7) is 1.77. The predicted octanol–water partition coefficient (Wildman–Crippen LogP) is -0.585. The van der Waals surface area contributed by atoms with E-state index in [4.69, 9.17) is 20.3 Å². The van der Waals surface area contributed by atoms with Gasteiger partial charge >= 0.3 is 7.60 Å².